The summed E-state index contributed by atoms with van der Waals surface area (Å²) in [6.07, 6.45) is -1.79. The van der Waals surface area contributed by atoms with E-state index in [-0.39, 0.29) is 30.7 Å². The number of aliphatic carboxylic acids is 1. The highest BCUT2D eigenvalue weighted by atomic mass is 16.6. The van der Waals surface area contributed by atoms with Gasteiger partial charge < -0.3 is 29.2 Å². The molecule has 0 radical (unpaired) electrons. The molecule has 4 heterocycles. The number of para-hydroxylation sites is 1. The number of hydrogen-bond donors (Lipinski definition) is 2. The van der Waals surface area contributed by atoms with E-state index in [1.165, 1.54) is 4.57 Å². The molecule has 0 bridgehead atoms. The summed E-state index contributed by atoms with van der Waals surface area (Å²) in [5, 5.41) is 12.2. The van der Waals surface area contributed by atoms with Gasteiger partial charge in [0.2, 0.25) is 11.5 Å². The summed E-state index contributed by atoms with van der Waals surface area (Å²) in [5.41, 5.74) is -0.662. The number of pyridine rings is 2. The van der Waals surface area contributed by atoms with Gasteiger partial charge in [0.1, 0.15) is 18.2 Å². The molecule has 1 aromatic carbocycles. The third kappa shape index (κ3) is 6.15. The normalized spacial score (nSPS) is 17.4. The molecule has 2 aliphatic rings. The largest absolute Gasteiger partial charge is 0.481 e. The first-order chi connectivity index (χ1) is 21.2. The Morgan fingerprint density at radius 1 is 1.13 bits per heavy atom. The van der Waals surface area contributed by atoms with Crippen molar-refractivity contribution < 1.29 is 43.3 Å². The fourth-order valence-corrected chi connectivity index (χ4v) is 5.56. The number of fused-ring (bicyclic) bond motifs is 5. The Labute approximate surface area is 257 Å². The smallest absolute Gasteiger partial charge is 0.355 e. The Kier molecular flexibility index (Phi) is 8.21. The summed E-state index contributed by atoms with van der Waals surface area (Å²) in [4.78, 5) is 81.9. The number of nitrogens with zero attached hydrogens (tertiary/aromatic N) is 2. The Balaban J connectivity index is 1.53. The lowest BCUT2D eigenvalue weighted by Gasteiger charge is -2.36. The molecule has 236 valence electrons. The van der Waals surface area contributed by atoms with Crippen LogP contribution in [0.15, 0.2) is 41.2 Å². The predicted octanol–water partition coefficient (Wildman–Crippen LogP) is 2.71. The number of cyclic esters (lactones) is 1. The van der Waals surface area contributed by atoms with Crippen LogP contribution in [0.2, 0.25) is 0 Å². The van der Waals surface area contributed by atoms with Crippen molar-refractivity contribution in [2.24, 2.45) is 0 Å². The van der Waals surface area contributed by atoms with Gasteiger partial charge in [0, 0.05) is 22.9 Å². The lowest BCUT2D eigenvalue weighted by molar-refractivity contribution is -0.191. The zero-order chi connectivity index (χ0) is 32.7. The Bertz CT molecular complexity index is 1810. The third-order valence-electron chi connectivity index (χ3n) is 7.64. The van der Waals surface area contributed by atoms with E-state index >= 15 is 0 Å². The van der Waals surface area contributed by atoms with E-state index in [2.05, 4.69) is 5.32 Å². The number of carbonyl (C=O) groups is 5. The first kappa shape index (κ1) is 31.4. The number of carbonyl (C=O) groups excluding carboxylic acids is 4. The second-order valence-electron chi connectivity index (χ2n) is 12.0. The number of benzene rings is 1. The molecule has 0 spiro atoms. The first-order valence-corrected chi connectivity index (χ1v) is 14.5. The number of rotatable bonds is 9. The SMILES string of the molecule is CC[C@@]1(OC(=O)[C@@H](CC(=O)OC(C)(C)C)NC(=O)CCC(=O)O)C(=O)OCc2c1cc1n(c2=O)Cc2cc3ccccc3nc2-1. The van der Waals surface area contributed by atoms with Gasteiger partial charge in [-0.1, -0.05) is 25.1 Å². The Morgan fingerprint density at radius 2 is 1.87 bits per heavy atom. The zero-order valence-corrected chi connectivity index (χ0v) is 25.3. The lowest BCUT2D eigenvalue weighted by atomic mass is 9.85. The van der Waals surface area contributed by atoms with Crippen molar-refractivity contribution in [2.75, 3.05) is 0 Å². The number of carboxylic acids is 1. The average Bonchev–Trinajstić information content (AvgIpc) is 3.32. The van der Waals surface area contributed by atoms with Gasteiger partial charge in [-0.15, -0.1) is 0 Å². The number of amides is 1. The summed E-state index contributed by atoms with van der Waals surface area (Å²) in [6.45, 7) is 6.35. The molecule has 13 nitrogen and oxygen atoms in total. The van der Waals surface area contributed by atoms with E-state index in [9.17, 15) is 28.8 Å². The molecule has 0 saturated heterocycles. The maximum Gasteiger partial charge on any atom is 0.355 e. The summed E-state index contributed by atoms with van der Waals surface area (Å²) < 4.78 is 18.1. The highest BCUT2D eigenvalue weighted by Crippen LogP contribution is 2.41. The summed E-state index contributed by atoms with van der Waals surface area (Å²) >= 11 is 0. The van der Waals surface area contributed by atoms with Crippen LogP contribution in [0.25, 0.3) is 22.3 Å². The maximum atomic E-state index is 13.8. The van der Waals surface area contributed by atoms with Crippen molar-refractivity contribution in [3.8, 4) is 11.4 Å². The van der Waals surface area contributed by atoms with Crippen LogP contribution < -0.4 is 10.9 Å². The quantitative estimate of drug-likeness (QED) is 0.208. The molecular weight excluding hydrogens is 586 g/mol. The number of nitrogens with one attached hydrogen (secondary N) is 1. The number of aromatic nitrogens is 2. The number of hydrogen-bond acceptors (Lipinski definition) is 10. The summed E-state index contributed by atoms with van der Waals surface area (Å²) in [6, 6.07) is 9.43. The van der Waals surface area contributed by atoms with Crippen LogP contribution in [-0.2, 0) is 56.9 Å². The highest BCUT2D eigenvalue weighted by molar-refractivity contribution is 5.93. The van der Waals surface area contributed by atoms with Gasteiger partial charge in [-0.25, -0.2) is 14.6 Å². The van der Waals surface area contributed by atoms with Gasteiger partial charge in [0.05, 0.1) is 41.9 Å². The van der Waals surface area contributed by atoms with Crippen LogP contribution >= 0.6 is 0 Å². The van der Waals surface area contributed by atoms with E-state index in [4.69, 9.17) is 24.3 Å². The molecule has 0 aliphatic carbocycles. The van der Waals surface area contributed by atoms with Crippen molar-refractivity contribution >= 4 is 40.7 Å². The van der Waals surface area contributed by atoms with Gasteiger partial charge in [0.25, 0.3) is 5.56 Å². The lowest BCUT2D eigenvalue weighted by Crippen LogP contribution is -2.52. The van der Waals surface area contributed by atoms with Gasteiger partial charge in [-0.2, -0.15) is 0 Å². The second-order valence-corrected chi connectivity index (χ2v) is 12.0. The minimum atomic E-state index is -2.09. The standard InChI is InChI=1S/C32H33N3O10/c1-5-32(45-29(41)22(14-26(39)44-31(2,3)4)33-24(36)10-11-25(37)38)20-13-23-27-18(12-17-8-6-7-9-21(17)34-27)15-35(23)28(40)19(20)16-43-30(32)42/h6-9,12-13,22H,5,10-11,14-16H2,1-4H3,(H,33,36)(H,37,38)/t22-,32+/m1/s1. The van der Waals surface area contributed by atoms with Crippen LogP contribution in [0.5, 0.6) is 0 Å². The minimum Gasteiger partial charge on any atom is -0.481 e. The molecule has 0 saturated carbocycles. The van der Waals surface area contributed by atoms with Crippen molar-refractivity contribution in [3.05, 3.63) is 63.4 Å². The van der Waals surface area contributed by atoms with E-state index < -0.39 is 71.9 Å². The van der Waals surface area contributed by atoms with E-state index in [0.29, 0.717) is 16.9 Å². The zero-order valence-electron chi connectivity index (χ0n) is 25.3. The molecular formula is C32H33N3O10. The monoisotopic (exact) mass is 619 g/mol. The molecule has 2 aliphatic heterocycles. The molecule has 2 aromatic heterocycles. The van der Waals surface area contributed by atoms with Crippen LogP contribution in [0.3, 0.4) is 0 Å². The average molecular weight is 620 g/mol. The molecule has 0 unspecified atom stereocenters. The van der Waals surface area contributed by atoms with Gasteiger partial charge in [-0.05, 0) is 45.4 Å². The third-order valence-corrected chi connectivity index (χ3v) is 7.64. The number of carboxylic acid groups (broad SMARTS) is 1. The van der Waals surface area contributed by atoms with E-state index in [1.54, 1.807) is 33.8 Å². The molecule has 1 amide bonds. The van der Waals surface area contributed by atoms with Crippen molar-refractivity contribution in [2.45, 2.75) is 83.8 Å². The fraction of sp³-hybridized carbons (Fsp3) is 0.406. The Morgan fingerprint density at radius 3 is 2.56 bits per heavy atom. The number of esters is 3. The van der Waals surface area contributed by atoms with Gasteiger partial charge in [-0.3, -0.25) is 19.2 Å². The van der Waals surface area contributed by atoms with Gasteiger partial charge in [0.15, 0.2) is 0 Å². The Hall–Kier alpha value is -5.07. The summed E-state index contributed by atoms with van der Waals surface area (Å²) in [7, 11) is 0. The first-order valence-electron chi connectivity index (χ1n) is 14.5. The van der Waals surface area contributed by atoms with Crippen LogP contribution in [0, 0.1) is 0 Å². The minimum absolute atomic E-state index is 0.125. The molecule has 2 atom stereocenters. The molecule has 13 heteroatoms. The van der Waals surface area contributed by atoms with Crippen LogP contribution in [0.4, 0.5) is 0 Å². The molecule has 3 aromatic rings. The van der Waals surface area contributed by atoms with Crippen LogP contribution in [0.1, 0.15) is 70.1 Å². The fourth-order valence-electron chi connectivity index (χ4n) is 5.56. The van der Waals surface area contributed by atoms with Crippen molar-refractivity contribution in [1.29, 1.82) is 0 Å². The van der Waals surface area contributed by atoms with Crippen molar-refractivity contribution in [3.63, 3.8) is 0 Å². The molecule has 0 fully saturated rings. The van der Waals surface area contributed by atoms with E-state index in [0.717, 1.165) is 10.9 Å². The topological polar surface area (TPSA) is 180 Å². The van der Waals surface area contributed by atoms with Crippen molar-refractivity contribution in [1.82, 2.24) is 14.9 Å². The number of ether oxygens (including phenoxy) is 3. The second kappa shape index (κ2) is 11.8. The summed E-state index contributed by atoms with van der Waals surface area (Å²) in [5.74, 6) is -4.99. The maximum absolute atomic E-state index is 13.8. The highest BCUT2D eigenvalue weighted by Gasteiger charge is 2.51. The van der Waals surface area contributed by atoms with Crippen LogP contribution in [-0.4, -0.2) is 56.1 Å². The molecule has 2 N–H and O–H groups in total. The molecule has 5 rings (SSSR count). The predicted molar refractivity (Wildman–Crippen MR) is 158 cm³/mol. The molecule has 45 heavy (non-hydrogen) atoms. The van der Waals surface area contributed by atoms with E-state index in [1.807, 2.05) is 30.3 Å². The van der Waals surface area contributed by atoms with Gasteiger partial charge >= 0.3 is 23.9 Å².